The molecule has 1 aromatic carbocycles. The van der Waals surface area contributed by atoms with Crippen molar-refractivity contribution >= 4 is 17.6 Å². The van der Waals surface area contributed by atoms with Crippen LogP contribution in [-0.2, 0) is 20.9 Å². The minimum absolute atomic E-state index is 0.0161. The summed E-state index contributed by atoms with van der Waals surface area (Å²) < 4.78 is 5.66. The molecule has 1 amide bonds. The van der Waals surface area contributed by atoms with Crippen LogP contribution in [0.4, 0.5) is 5.69 Å². The third-order valence-electron chi connectivity index (χ3n) is 4.84. The van der Waals surface area contributed by atoms with Gasteiger partial charge >= 0.3 is 5.97 Å². The number of rotatable bonds is 10. The van der Waals surface area contributed by atoms with Crippen molar-refractivity contribution in [3.63, 3.8) is 0 Å². The molecule has 5 nitrogen and oxygen atoms in total. The van der Waals surface area contributed by atoms with Crippen molar-refractivity contribution in [3.05, 3.63) is 29.8 Å². The number of benzene rings is 1. The molecule has 0 unspecified atom stereocenters. The number of hydrogen-bond donors (Lipinski definition) is 2. The fourth-order valence-electron chi connectivity index (χ4n) is 2.76. The molecule has 132 valence electrons. The Bertz CT molecular complexity index is 576. The van der Waals surface area contributed by atoms with Gasteiger partial charge in [-0.05, 0) is 49.3 Å². The minimum atomic E-state index is -0.991. The zero-order chi connectivity index (χ0) is 17.6. The maximum absolute atomic E-state index is 12.3. The lowest BCUT2D eigenvalue weighted by Gasteiger charge is -2.25. The molecule has 1 fully saturated rings. The molecule has 5 heteroatoms. The number of amides is 1. The molecule has 1 aliphatic rings. The average Bonchev–Trinajstić information content (AvgIpc) is 3.37. The Labute approximate surface area is 143 Å². The number of carbonyl (C=O) groups is 2. The van der Waals surface area contributed by atoms with E-state index in [1.165, 1.54) is 12.8 Å². The van der Waals surface area contributed by atoms with Gasteiger partial charge in [-0.25, -0.2) is 0 Å². The van der Waals surface area contributed by atoms with Crippen molar-refractivity contribution in [2.75, 3.05) is 11.9 Å². The summed E-state index contributed by atoms with van der Waals surface area (Å²) in [6.45, 7) is 4.94. The summed E-state index contributed by atoms with van der Waals surface area (Å²) in [4.78, 5) is 23.8. The number of anilines is 1. The second kappa shape index (κ2) is 8.29. The number of carbonyl (C=O) groups excluding carboxylic acids is 1. The van der Waals surface area contributed by atoms with Gasteiger partial charge < -0.3 is 15.2 Å². The summed E-state index contributed by atoms with van der Waals surface area (Å²) in [6.07, 6.45) is 3.37. The molecule has 1 saturated carbocycles. The van der Waals surface area contributed by atoms with Gasteiger partial charge in [0.05, 0.1) is 12.0 Å². The Balaban J connectivity index is 1.91. The fourth-order valence-corrected chi connectivity index (χ4v) is 2.76. The Morgan fingerprint density at radius 3 is 2.58 bits per heavy atom. The predicted molar refractivity (Wildman–Crippen MR) is 92.7 cm³/mol. The van der Waals surface area contributed by atoms with Crippen molar-refractivity contribution < 1.29 is 19.4 Å². The molecule has 2 rings (SSSR count). The van der Waals surface area contributed by atoms with Crippen LogP contribution in [0.2, 0.25) is 0 Å². The number of ether oxygens (including phenoxy) is 1. The standard InChI is InChI=1S/C19H27NO4/c1-3-19(4-2,18(22)23)11-17(21)20-16-7-5-6-15(10-16)13-24-12-14-8-9-14/h5-7,10,14H,3-4,8-9,11-13H2,1-2H3,(H,20,21)(H,22,23). The summed E-state index contributed by atoms with van der Waals surface area (Å²) >= 11 is 0. The van der Waals surface area contributed by atoms with Gasteiger partial charge in [-0.2, -0.15) is 0 Å². The molecule has 1 aliphatic carbocycles. The molecule has 0 radical (unpaired) electrons. The number of aliphatic carboxylic acids is 1. The van der Waals surface area contributed by atoms with Gasteiger partial charge in [0.15, 0.2) is 0 Å². The summed E-state index contributed by atoms with van der Waals surface area (Å²) in [6, 6.07) is 7.52. The van der Waals surface area contributed by atoms with Crippen molar-refractivity contribution in [1.29, 1.82) is 0 Å². The Kier molecular flexibility index (Phi) is 6.37. The van der Waals surface area contributed by atoms with Crippen LogP contribution in [0.15, 0.2) is 24.3 Å². The zero-order valence-corrected chi connectivity index (χ0v) is 14.5. The average molecular weight is 333 g/mol. The molecule has 0 spiro atoms. The number of hydrogen-bond acceptors (Lipinski definition) is 3. The zero-order valence-electron chi connectivity index (χ0n) is 14.5. The van der Waals surface area contributed by atoms with Gasteiger partial charge in [-0.15, -0.1) is 0 Å². The van der Waals surface area contributed by atoms with E-state index in [0.29, 0.717) is 25.1 Å². The van der Waals surface area contributed by atoms with Crippen molar-refractivity contribution in [2.24, 2.45) is 11.3 Å². The van der Waals surface area contributed by atoms with E-state index in [0.717, 1.165) is 18.1 Å². The smallest absolute Gasteiger partial charge is 0.310 e. The molecule has 0 atom stereocenters. The van der Waals surface area contributed by atoms with Crippen LogP contribution in [0, 0.1) is 11.3 Å². The van der Waals surface area contributed by atoms with E-state index in [9.17, 15) is 14.7 Å². The number of carboxylic acid groups (broad SMARTS) is 1. The van der Waals surface area contributed by atoms with Crippen LogP contribution in [0.25, 0.3) is 0 Å². The molecule has 0 aliphatic heterocycles. The third kappa shape index (κ3) is 5.06. The van der Waals surface area contributed by atoms with Crippen LogP contribution in [0.3, 0.4) is 0 Å². The highest BCUT2D eigenvalue weighted by atomic mass is 16.5. The molecule has 0 saturated heterocycles. The molecule has 0 bridgehead atoms. The van der Waals surface area contributed by atoms with Crippen molar-refractivity contribution in [2.45, 2.75) is 52.6 Å². The molecule has 24 heavy (non-hydrogen) atoms. The molecular formula is C19H27NO4. The first-order chi connectivity index (χ1) is 11.5. The SMILES string of the molecule is CCC(CC)(CC(=O)Nc1cccc(COCC2CC2)c1)C(=O)O. The summed E-state index contributed by atoms with van der Waals surface area (Å²) in [5.74, 6) is -0.456. The van der Waals surface area contributed by atoms with E-state index in [1.54, 1.807) is 0 Å². The van der Waals surface area contributed by atoms with Gasteiger partial charge in [-0.3, -0.25) is 9.59 Å². The molecule has 1 aromatic rings. The first kappa shape index (κ1) is 18.5. The summed E-state index contributed by atoms with van der Waals surface area (Å²) in [5, 5.41) is 12.2. The van der Waals surface area contributed by atoms with E-state index in [4.69, 9.17) is 4.74 Å². The maximum atomic E-state index is 12.3. The van der Waals surface area contributed by atoms with Crippen molar-refractivity contribution in [1.82, 2.24) is 0 Å². The molecular weight excluding hydrogens is 306 g/mol. The first-order valence-corrected chi connectivity index (χ1v) is 8.69. The first-order valence-electron chi connectivity index (χ1n) is 8.69. The van der Waals surface area contributed by atoms with Gasteiger partial charge in [0.25, 0.3) is 0 Å². The van der Waals surface area contributed by atoms with E-state index in [-0.39, 0.29) is 12.3 Å². The normalized spacial score (nSPS) is 14.4. The van der Waals surface area contributed by atoms with E-state index in [2.05, 4.69) is 5.32 Å². The highest BCUT2D eigenvalue weighted by Crippen LogP contribution is 2.31. The van der Waals surface area contributed by atoms with Gasteiger partial charge in [0.1, 0.15) is 0 Å². The monoisotopic (exact) mass is 333 g/mol. The lowest BCUT2D eigenvalue weighted by atomic mass is 9.79. The third-order valence-corrected chi connectivity index (χ3v) is 4.84. The summed E-state index contributed by atoms with van der Waals surface area (Å²) in [5.41, 5.74) is 0.692. The maximum Gasteiger partial charge on any atom is 0.310 e. The largest absolute Gasteiger partial charge is 0.481 e. The van der Waals surface area contributed by atoms with Gasteiger partial charge in [0, 0.05) is 18.7 Å². The van der Waals surface area contributed by atoms with Crippen LogP contribution in [0.1, 0.15) is 51.5 Å². The summed E-state index contributed by atoms with van der Waals surface area (Å²) in [7, 11) is 0. The molecule has 0 heterocycles. The fraction of sp³-hybridized carbons (Fsp3) is 0.579. The van der Waals surface area contributed by atoms with Crippen LogP contribution < -0.4 is 5.32 Å². The van der Waals surface area contributed by atoms with Crippen LogP contribution in [-0.4, -0.2) is 23.6 Å². The Morgan fingerprint density at radius 1 is 1.29 bits per heavy atom. The lowest BCUT2D eigenvalue weighted by Crippen LogP contribution is -2.34. The number of nitrogens with one attached hydrogen (secondary N) is 1. The van der Waals surface area contributed by atoms with E-state index in [1.807, 2.05) is 38.1 Å². The van der Waals surface area contributed by atoms with Crippen LogP contribution >= 0.6 is 0 Å². The van der Waals surface area contributed by atoms with Gasteiger partial charge in [-0.1, -0.05) is 26.0 Å². The van der Waals surface area contributed by atoms with Gasteiger partial charge in [0.2, 0.25) is 5.91 Å². The highest BCUT2D eigenvalue weighted by molar-refractivity contribution is 5.94. The van der Waals surface area contributed by atoms with Crippen LogP contribution in [0.5, 0.6) is 0 Å². The second-order valence-electron chi connectivity index (χ2n) is 6.68. The van der Waals surface area contributed by atoms with E-state index < -0.39 is 11.4 Å². The Hall–Kier alpha value is -1.88. The molecule has 2 N–H and O–H groups in total. The topological polar surface area (TPSA) is 75.6 Å². The van der Waals surface area contributed by atoms with Crippen molar-refractivity contribution in [3.8, 4) is 0 Å². The Morgan fingerprint density at radius 2 is 2.00 bits per heavy atom. The van der Waals surface area contributed by atoms with E-state index >= 15 is 0 Å². The number of carboxylic acids is 1. The second-order valence-corrected chi connectivity index (χ2v) is 6.68. The predicted octanol–water partition coefficient (Wildman–Crippen LogP) is 3.83. The quantitative estimate of drug-likeness (QED) is 0.682. The lowest BCUT2D eigenvalue weighted by molar-refractivity contribution is -0.151. The minimum Gasteiger partial charge on any atom is -0.481 e. The highest BCUT2D eigenvalue weighted by Gasteiger charge is 2.37. The molecule has 0 aromatic heterocycles.